The van der Waals surface area contributed by atoms with Crippen LogP contribution in [0.2, 0.25) is 0 Å². The molecular weight excluding hydrogens is 472 g/mol. The fourth-order valence-corrected chi connectivity index (χ4v) is 5.79. The second kappa shape index (κ2) is 9.95. The number of carboxylic acids is 1. The van der Waals surface area contributed by atoms with Gasteiger partial charge < -0.3 is 9.84 Å². The van der Waals surface area contributed by atoms with Gasteiger partial charge in [0, 0.05) is 18.1 Å². The topological polar surface area (TPSA) is 136 Å². The van der Waals surface area contributed by atoms with Crippen LogP contribution in [-0.4, -0.2) is 36.6 Å². The van der Waals surface area contributed by atoms with Crippen molar-refractivity contribution in [3.05, 3.63) is 95.1 Å². The van der Waals surface area contributed by atoms with Gasteiger partial charge in [-0.3, -0.25) is 14.9 Å². The average Bonchev–Trinajstić information content (AvgIpc) is 3.25. The van der Waals surface area contributed by atoms with Gasteiger partial charge in [0.2, 0.25) is 10.0 Å². The molecule has 0 aliphatic carbocycles. The zero-order chi connectivity index (χ0) is 25.2. The highest BCUT2D eigenvalue weighted by Crippen LogP contribution is 2.42. The van der Waals surface area contributed by atoms with Gasteiger partial charge in [0.15, 0.2) is 0 Å². The number of fused-ring (bicyclic) bond motifs is 1. The number of carbonyl (C=O) groups is 1. The quantitative estimate of drug-likeness (QED) is 0.257. The van der Waals surface area contributed by atoms with E-state index in [1.165, 1.54) is 0 Å². The van der Waals surface area contributed by atoms with Crippen molar-refractivity contribution in [2.75, 3.05) is 0 Å². The number of hydrogen-bond donors (Lipinski definition) is 2. The molecule has 9 nitrogen and oxygen atoms in total. The summed E-state index contributed by atoms with van der Waals surface area (Å²) in [5, 5.41) is 22.9. The maximum Gasteiger partial charge on any atom is 0.322 e. The van der Waals surface area contributed by atoms with E-state index in [9.17, 15) is 28.4 Å². The third kappa shape index (κ3) is 5.09. The van der Waals surface area contributed by atoms with E-state index in [0.717, 1.165) is 40.6 Å². The summed E-state index contributed by atoms with van der Waals surface area (Å²) in [7, 11) is -4.27. The summed E-state index contributed by atoms with van der Waals surface area (Å²) in [6, 6.07) is 16.4. The molecule has 4 rings (SSSR count). The molecule has 0 saturated carbocycles. The van der Waals surface area contributed by atoms with Crippen molar-refractivity contribution in [3.63, 3.8) is 0 Å². The monoisotopic (exact) mass is 496 g/mol. The summed E-state index contributed by atoms with van der Waals surface area (Å²) < 4.78 is 34.5. The molecule has 3 aromatic carbocycles. The number of nitrogens with zero attached hydrogens (tertiary/aromatic N) is 1. The normalized spacial score (nSPS) is 21.0. The third-order valence-corrected chi connectivity index (χ3v) is 7.66. The predicted molar refractivity (Wildman–Crippen MR) is 129 cm³/mol. The van der Waals surface area contributed by atoms with Gasteiger partial charge in [0.05, 0.1) is 22.0 Å². The van der Waals surface area contributed by atoms with Gasteiger partial charge in [0.1, 0.15) is 6.04 Å². The Morgan fingerprint density at radius 3 is 2.51 bits per heavy atom. The van der Waals surface area contributed by atoms with Crippen LogP contribution in [0.4, 0.5) is 5.69 Å². The molecule has 0 amide bonds. The lowest BCUT2D eigenvalue weighted by molar-refractivity contribution is -0.384. The van der Waals surface area contributed by atoms with Crippen LogP contribution in [0, 0.1) is 16.0 Å². The van der Waals surface area contributed by atoms with Gasteiger partial charge in [-0.1, -0.05) is 48.5 Å². The number of non-ortho nitro benzene ring substituents is 1. The Kier molecular flexibility index (Phi) is 6.97. The molecule has 0 spiro atoms. The molecule has 1 heterocycles. The number of nitro groups is 1. The molecule has 3 aromatic rings. The van der Waals surface area contributed by atoms with E-state index >= 15 is 0 Å². The molecule has 35 heavy (non-hydrogen) atoms. The highest BCUT2D eigenvalue weighted by molar-refractivity contribution is 7.89. The number of aliphatic carboxylic acids is 1. The maximum atomic E-state index is 13.0. The molecular formula is C25H24N2O7S. The second-order valence-electron chi connectivity index (χ2n) is 8.34. The molecule has 2 N–H and O–H groups in total. The van der Waals surface area contributed by atoms with Gasteiger partial charge in [0.25, 0.3) is 5.69 Å². The van der Waals surface area contributed by atoms with Crippen LogP contribution >= 0.6 is 0 Å². The van der Waals surface area contributed by atoms with Crippen molar-refractivity contribution in [1.29, 1.82) is 0 Å². The van der Waals surface area contributed by atoms with Crippen LogP contribution in [0.5, 0.6) is 0 Å². The molecule has 0 radical (unpaired) electrons. The minimum atomic E-state index is -4.27. The highest BCUT2D eigenvalue weighted by atomic mass is 32.2. The summed E-state index contributed by atoms with van der Waals surface area (Å²) in [5.74, 6) is -2.01. The molecule has 1 saturated heterocycles. The average molecular weight is 497 g/mol. The van der Waals surface area contributed by atoms with Crippen LogP contribution in [0.15, 0.2) is 84.3 Å². The molecule has 0 aromatic heterocycles. The van der Waals surface area contributed by atoms with Crippen molar-refractivity contribution in [1.82, 2.24) is 4.72 Å². The zero-order valence-corrected chi connectivity index (χ0v) is 19.4. The van der Waals surface area contributed by atoms with Crippen molar-refractivity contribution in [2.24, 2.45) is 5.92 Å². The van der Waals surface area contributed by atoms with E-state index in [2.05, 4.69) is 11.3 Å². The molecule has 4 atom stereocenters. The lowest BCUT2D eigenvalue weighted by atomic mass is 9.88. The molecule has 182 valence electrons. The molecule has 1 aliphatic rings. The number of benzene rings is 3. The Labute approximate surface area is 202 Å². The van der Waals surface area contributed by atoms with Crippen molar-refractivity contribution < 1.29 is 28.0 Å². The fraction of sp³-hybridized carbons (Fsp3) is 0.240. The van der Waals surface area contributed by atoms with Gasteiger partial charge in [-0.05, 0) is 41.3 Å². The lowest BCUT2D eigenvalue weighted by Gasteiger charge is -2.24. The smallest absolute Gasteiger partial charge is 0.322 e. The summed E-state index contributed by atoms with van der Waals surface area (Å²) in [5.41, 5.74) is 0.633. The Morgan fingerprint density at radius 1 is 1.17 bits per heavy atom. The molecule has 10 heteroatoms. The largest absolute Gasteiger partial charge is 0.480 e. The van der Waals surface area contributed by atoms with Crippen LogP contribution in [0.25, 0.3) is 10.8 Å². The van der Waals surface area contributed by atoms with Crippen LogP contribution in [-0.2, 0) is 19.6 Å². The van der Waals surface area contributed by atoms with Crippen LogP contribution < -0.4 is 4.72 Å². The first-order valence-electron chi connectivity index (χ1n) is 10.9. The van der Waals surface area contributed by atoms with Crippen molar-refractivity contribution >= 4 is 32.5 Å². The molecule has 1 unspecified atom stereocenters. The van der Waals surface area contributed by atoms with E-state index in [1.807, 2.05) is 42.5 Å². The maximum absolute atomic E-state index is 13.0. The van der Waals surface area contributed by atoms with E-state index in [1.54, 1.807) is 6.08 Å². The number of nitro benzene ring substituents is 1. The third-order valence-electron chi connectivity index (χ3n) is 6.21. The Balaban J connectivity index is 1.64. The summed E-state index contributed by atoms with van der Waals surface area (Å²) in [6.45, 7) is 3.73. The van der Waals surface area contributed by atoms with E-state index in [4.69, 9.17) is 4.74 Å². The minimum Gasteiger partial charge on any atom is -0.480 e. The number of nitrogens with one attached hydrogen (secondary N) is 1. The van der Waals surface area contributed by atoms with Gasteiger partial charge in [-0.25, -0.2) is 8.42 Å². The van der Waals surface area contributed by atoms with Gasteiger partial charge >= 0.3 is 5.97 Å². The zero-order valence-electron chi connectivity index (χ0n) is 18.6. The highest BCUT2D eigenvalue weighted by Gasteiger charge is 2.44. The standard InChI is InChI=1S/C25H24N2O7S/c1-2-6-22-21(15-23(34-22)20-10-5-8-16-7-3-4-9-19(16)20)24(25(28)29)26-35(32,33)18-13-11-17(12-14-18)27(30)31/h2-5,7-14,21-24,26H,1,6,15H2,(H,28,29)/t21?,22-,23+,24-/m0/s1. The Bertz CT molecular complexity index is 1370. The molecule has 0 bridgehead atoms. The summed E-state index contributed by atoms with van der Waals surface area (Å²) in [4.78, 5) is 22.2. The lowest BCUT2D eigenvalue weighted by Crippen LogP contribution is -2.48. The van der Waals surface area contributed by atoms with E-state index < -0.39 is 45.1 Å². The number of sulfonamides is 1. The summed E-state index contributed by atoms with van der Waals surface area (Å²) >= 11 is 0. The second-order valence-corrected chi connectivity index (χ2v) is 10.1. The van der Waals surface area contributed by atoms with Gasteiger partial charge in [-0.15, -0.1) is 6.58 Å². The first kappa shape index (κ1) is 24.5. The van der Waals surface area contributed by atoms with E-state index in [0.29, 0.717) is 6.42 Å². The number of carboxylic acid groups (broad SMARTS) is 1. The van der Waals surface area contributed by atoms with Gasteiger partial charge in [-0.2, -0.15) is 4.72 Å². The first-order valence-corrected chi connectivity index (χ1v) is 12.4. The fourth-order valence-electron chi connectivity index (χ4n) is 4.55. The minimum absolute atomic E-state index is 0.265. The van der Waals surface area contributed by atoms with Crippen molar-refractivity contribution in [2.45, 2.75) is 36.0 Å². The van der Waals surface area contributed by atoms with Crippen LogP contribution in [0.3, 0.4) is 0 Å². The number of rotatable bonds is 9. The molecule has 1 aliphatic heterocycles. The Hall–Kier alpha value is -3.60. The van der Waals surface area contributed by atoms with E-state index in [-0.39, 0.29) is 17.0 Å². The number of ether oxygens (including phenoxy) is 1. The predicted octanol–water partition coefficient (Wildman–Crippen LogP) is 4.20. The van der Waals surface area contributed by atoms with Crippen molar-refractivity contribution in [3.8, 4) is 0 Å². The first-order chi connectivity index (χ1) is 16.7. The van der Waals surface area contributed by atoms with Crippen LogP contribution in [0.1, 0.15) is 24.5 Å². The Morgan fingerprint density at radius 2 is 1.86 bits per heavy atom. The SMILES string of the molecule is C=CC[C@@H]1O[C@@H](c2cccc3ccccc23)CC1[C@H](NS(=O)(=O)c1ccc([N+](=O)[O-])cc1)C(=O)O. The number of hydrogen-bond acceptors (Lipinski definition) is 6. The molecule has 1 fully saturated rings. The summed E-state index contributed by atoms with van der Waals surface area (Å²) in [6.07, 6.45) is 1.24.